The zero-order chi connectivity index (χ0) is 10.0. The minimum absolute atomic E-state index is 0.155. The highest BCUT2D eigenvalue weighted by Gasteiger charge is 2.35. The van der Waals surface area contributed by atoms with E-state index in [1.165, 1.54) is 23.6 Å². The molecular weight excluding hydrogens is 212 g/mol. The van der Waals surface area contributed by atoms with Crippen molar-refractivity contribution in [2.75, 3.05) is 18.6 Å². The van der Waals surface area contributed by atoms with E-state index < -0.39 is 0 Å². The third-order valence-electron chi connectivity index (χ3n) is 2.75. The lowest BCUT2D eigenvalue weighted by Gasteiger charge is -2.34. The highest BCUT2D eigenvalue weighted by atomic mass is 32.2. The molecule has 1 saturated heterocycles. The molecule has 1 fully saturated rings. The van der Waals surface area contributed by atoms with Gasteiger partial charge >= 0.3 is 0 Å². The number of thioether (sulfide) groups is 1. The van der Waals surface area contributed by atoms with Crippen molar-refractivity contribution in [2.24, 2.45) is 0 Å². The quantitative estimate of drug-likeness (QED) is 0.841. The average molecular weight is 228 g/mol. The number of aromatic nitrogens is 1. The van der Waals surface area contributed by atoms with Crippen LogP contribution in [0.1, 0.15) is 23.5 Å². The van der Waals surface area contributed by atoms with Crippen molar-refractivity contribution in [3.63, 3.8) is 0 Å². The molecule has 0 aromatic carbocycles. The van der Waals surface area contributed by atoms with E-state index >= 15 is 0 Å². The Morgan fingerprint density at radius 1 is 1.57 bits per heavy atom. The second kappa shape index (κ2) is 4.21. The molecule has 1 N–H and O–H groups in total. The van der Waals surface area contributed by atoms with Gasteiger partial charge in [0.15, 0.2) is 0 Å². The van der Waals surface area contributed by atoms with Gasteiger partial charge in [-0.05, 0) is 32.6 Å². The van der Waals surface area contributed by atoms with Crippen LogP contribution in [0.2, 0.25) is 0 Å². The second-order valence-electron chi connectivity index (χ2n) is 3.78. The summed E-state index contributed by atoms with van der Waals surface area (Å²) in [5.74, 6) is 2.46. The van der Waals surface area contributed by atoms with Crippen LogP contribution in [0, 0.1) is 6.92 Å². The smallest absolute Gasteiger partial charge is 0.114 e. The lowest BCUT2D eigenvalue weighted by molar-refractivity contribution is 0.364. The number of aryl methyl sites for hydroxylation is 1. The van der Waals surface area contributed by atoms with Gasteiger partial charge in [0.05, 0.1) is 5.54 Å². The fourth-order valence-corrected chi connectivity index (χ4v) is 4.23. The molecule has 0 aliphatic carbocycles. The summed E-state index contributed by atoms with van der Waals surface area (Å²) >= 11 is 3.83. The van der Waals surface area contributed by atoms with Crippen LogP contribution in [0.15, 0.2) is 5.38 Å². The molecule has 1 aromatic heterocycles. The highest BCUT2D eigenvalue weighted by molar-refractivity contribution is 7.99. The van der Waals surface area contributed by atoms with Gasteiger partial charge in [0, 0.05) is 16.8 Å². The second-order valence-corrected chi connectivity index (χ2v) is 5.75. The first kappa shape index (κ1) is 10.5. The Hall–Kier alpha value is -0.0600. The molecule has 0 radical (unpaired) electrons. The zero-order valence-corrected chi connectivity index (χ0v) is 10.3. The fraction of sp³-hybridized carbons (Fsp3) is 0.700. The molecule has 78 valence electrons. The summed E-state index contributed by atoms with van der Waals surface area (Å²) in [6.45, 7) is 2.07. The number of nitrogens with one attached hydrogen (secondary N) is 1. The monoisotopic (exact) mass is 228 g/mol. The molecule has 1 unspecified atom stereocenters. The minimum Gasteiger partial charge on any atom is -0.308 e. The number of hydrogen-bond acceptors (Lipinski definition) is 4. The highest BCUT2D eigenvalue weighted by Crippen LogP contribution is 2.36. The average Bonchev–Trinajstić information content (AvgIpc) is 2.66. The van der Waals surface area contributed by atoms with Crippen molar-refractivity contribution in [2.45, 2.75) is 25.3 Å². The topological polar surface area (TPSA) is 24.9 Å². The summed E-state index contributed by atoms with van der Waals surface area (Å²) in [5.41, 5.74) is 1.30. The van der Waals surface area contributed by atoms with Crippen LogP contribution < -0.4 is 5.32 Å². The van der Waals surface area contributed by atoms with E-state index in [1.54, 1.807) is 11.3 Å². The molecule has 14 heavy (non-hydrogen) atoms. The van der Waals surface area contributed by atoms with Gasteiger partial charge in [-0.1, -0.05) is 0 Å². The summed E-state index contributed by atoms with van der Waals surface area (Å²) in [5, 5.41) is 6.89. The van der Waals surface area contributed by atoms with Crippen LogP contribution in [0.4, 0.5) is 0 Å². The van der Waals surface area contributed by atoms with Gasteiger partial charge in [-0.15, -0.1) is 11.3 Å². The number of nitrogens with zero attached hydrogens (tertiary/aromatic N) is 1. The third kappa shape index (κ3) is 1.83. The standard InChI is InChI=1S/C10H16N2S2/c1-8-6-14-9(12-8)10(11-2)4-3-5-13-7-10/h6,11H,3-5,7H2,1-2H3. The van der Waals surface area contributed by atoms with E-state index in [0.29, 0.717) is 0 Å². The van der Waals surface area contributed by atoms with E-state index in [9.17, 15) is 0 Å². The first-order valence-corrected chi connectivity index (χ1v) is 6.99. The molecule has 0 bridgehead atoms. The third-order valence-corrected chi connectivity index (χ3v) is 5.19. The van der Waals surface area contributed by atoms with Crippen LogP contribution in [-0.4, -0.2) is 23.5 Å². The number of rotatable bonds is 2. The Morgan fingerprint density at radius 3 is 2.93 bits per heavy atom. The zero-order valence-electron chi connectivity index (χ0n) is 8.67. The van der Waals surface area contributed by atoms with Gasteiger partial charge in [0.25, 0.3) is 0 Å². The predicted octanol–water partition coefficient (Wildman–Crippen LogP) is 2.39. The maximum absolute atomic E-state index is 4.62. The molecule has 1 aromatic rings. The Labute approximate surface area is 93.5 Å². The molecule has 0 spiro atoms. The van der Waals surface area contributed by atoms with E-state index in [-0.39, 0.29) is 5.54 Å². The van der Waals surface area contributed by atoms with Gasteiger partial charge in [0.1, 0.15) is 5.01 Å². The molecular formula is C10H16N2S2. The molecule has 1 aliphatic rings. The largest absolute Gasteiger partial charge is 0.308 e. The number of thiazole rings is 1. The van der Waals surface area contributed by atoms with Crippen molar-refractivity contribution < 1.29 is 0 Å². The van der Waals surface area contributed by atoms with Gasteiger partial charge < -0.3 is 5.32 Å². The molecule has 2 rings (SSSR count). The summed E-state index contributed by atoms with van der Waals surface area (Å²) in [6.07, 6.45) is 2.52. The van der Waals surface area contributed by atoms with Gasteiger partial charge in [0.2, 0.25) is 0 Å². The Bertz CT molecular complexity index is 303. The SMILES string of the molecule is CNC1(c2nc(C)cs2)CCCSC1. The summed E-state index contributed by atoms with van der Waals surface area (Å²) < 4.78 is 0. The van der Waals surface area contributed by atoms with E-state index in [0.717, 1.165) is 11.4 Å². The van der Waals surface area contributed by atoms with Crippen molar-refractivity contribution in [3.8, 4) is 0 Å². The van der Waals surface area contributed by atoms with Crippen molar-refractivity contribution in [3.05, 3.63) is 16.1 Å². The molecule has 1 aliphatic heterocycles. The van der Waals surface area contributed by atoms with Gasteiger partial charge in [-0.2, -0.15) is 11.8 Å². The normalized spacial score (nSPS) is 27.9. The van der Waals surface area contributed by atoms with Crippen LogP contribution in [-0.2, 0) is 5.54 Å². The maximum atomic E-state index is 4.62. The number of hydrogen-bond donors (Lipinski definition) is 1. The molecule has 1 atom stereocenters. The van der Waals surface area contributed by atoms with Gasteiger partial charge in [-0.25, -0.2) is 4.98 Å². The first-order chi connectivity index (χ1) is 6.77. The van der Waals surface area contributed by atoms with Crippen LogP contribution >= 0.6 is 23.1 Å². The Kier molecular flexibility index (Phi) is 3.14. The van der Waals surface area contributed by atoms with Crippen LogP contribution in [0.3, 0.4) is 0 Å². The van der Waals surface area contributed by atoms with Crippen molar-refractivity contribution in [1.29, 1.82) is 0 Å². The summed E-state index contributed by atoms with van der Waals surface area (Å²) in [4.78, 5) is 4.62. The van der Waals surface area contributed by atoms with Crippen molar-refractivity contribution in [1.82, 2.24) is 10.3 Å². The lowest BCUT2D eigenvalue weighted by atomic mass is 9.96. The molecule has 2 heterocycles. The molecule has 0 saturated carbocycles. The van der Waals surface area contributed by atoms with Crippen LogP contribution in [0.5, 0.6) is 0 Å². The van der Waals surface area contributed by atoms with E-state index in [2.05, 4.69) is 29.7 Å². The fourth-order valence-electron chi connectivity index (χ4n) is 1.84. The summed E-state index contributed by atoms with van der Waals surface area (Å²) in [6, 6.07) is 0. The summed E-state index contributed by atoms with van der Waals surface area (Å²) in [7, 11) is 2.06. The Morgan fingerprint density at radius 2 is 2.43 bits per heavy atom. The van der Waals surface area contributed by atoms with E-state index in [4.69, 9.17) is 0 Å². The van der Waals surface area contributed by atoms with E-state index in [1.807, 2.05) is 11.8 Å². The van der Waals surface area contributed by atoms with Crippen LogP contribution in [0.25, 0.3) is 0 Å². The Balaban J connectivity index is 2.26. The lowest BCUT2D eigenvalue weighted by Crippen LogP contribution is -2.44. The minimum atomic E-state index is 0.155. The molecule has 4 heteroatoms. The maximum Gasteiger partial charge on any atom is 0.114 e. The van der Waals surface area contributed by atoms with Crippen molar-refractivity contribution >= 4 is 23.1 Å². The molecule has 2 nitrogen and oxygen atoms in total. The molecule has 0 amide bonds. The van der Waals surface area contributed by atoms with Gasteiger partial charge in [-0.3, -0.25) is 0 Å². The predicted molar refractivity (Wildman–Crippen MR) is 64.1 cm³/mol. The first-order valence-electron chi connectivity index (χ1n) is 4.96.